The highest BCUT2D eigenvalue weighted by atomic mass is 79.9. The molecule has 1 amide bonds. The highest BCUT2D eigenvalue weighted by Crippen LogP contribution is 2.34. The van der Waals surface area contributed by atoms with E-state index in [9.17, 15) is 4.79 Å². The van der Waals surface area contributed by atoms with Gasteiger partial charge in [0.2, 0.25) is 0 Å². The minimum absolute atomic E-state index is 0.371. The van der Waals surface area contributed by atoms with E-state index in [1.165, 1.54) is 7.11 Å². The zero-order chi connectivity index (χ0) is 25.5. The van der Waals surface area contributed by atoms with E-state index in [2.05, 4.69) is 42.4 Å². The van der Waals surface area contributed by atoms with Gasteiger partial charge in [-0.2, -0.15) is 5.10 Å². The first-order valence-corrected chi connectivity index (χ1v) is 12.8. The van der Waals surface area contributed by atoms with E-state index in [1.54, 1.807) is 12.3 Å². The summed E-state index contributed by atoms with van der Waals surface area (Å²) in [4.78, 5) is 12.8. The van der Waals surface area contributed by atoms with Gasteiger partial charge in [0.1, 0.15) is 12.4 Å². The second kappa shape index (κ2) is 12.1. The molecule has 0 aliphatic rings. The molecule has 0 heterocycles. The summed E-state index contributed by atoms with van der Waals surface area (Å²) in [6.45, 7) is 2.79. The Kier molecular flexibility index (Phi) is 8.61. The number of carbonyl (C=O) groups is 1. The molecule has 184 valence electrons. The van der Waals surface area contributed by atoms with Crippen molar-refractivity contribution in [1.82, 2.24) is 5.43 Å². The Hall–Kier alpha value is -3.36. The third-order valence-electron chi connectivity index (χ3n) is 5.35. The van der Waals surface area contributed by atoms with Crippen LogP contribution in [0, 0.1) is 0 Å². The van der Waals surface area contributed by atoms with Gasteiger partial charge >= 0.3 is 0 Å². The van der Waals surface area contributed by atoms with Gasteiger partial charge in [-0.1, -0.05) is 52.3 Å². The maximum absolute atomic E-state index is 12.8. The molecule has 0 saturated carbocycles. The van der Waals surface area contributed by atoms with Crippen molar-refractivity contribution >= 4 is 54.8 Å². The minimum atomic E-state index is -0.371. The van der Waals surface area contributed by atoms with E-state index >= 15 is 0 Å². The van der Waals surface area contributed by atoms with Crippen LogP contribution in [0.2, 0.25) is 0 Å². The Morgan fingerprint density at radius 3 is 2.31 bits per heavy atom. The fourth-order valence-corrected chi connectivity index (χ4v) is 4.25. The van der Waals surface area contributed by atoms with Gasteiger partial charge < -0.3 is 14.2 Å². The molecule has 0 aliphatic heterocycles. The maximum Gasteiger partial charge on any atom is 0.275 e. The zero-order valence-corrected chi connectivity index (χ0v) is 22.9. The first-order valence-electron chi connectivity index (χ1n) is 11.2. The number of hydrogen-bond donors (Lipinski definition) is 1. The quantitative estimate of drug-likeness (QED) is 0.162. The van der Waals surface area contributed by atoms with Crippen LogP contribution in [-0.4, -0.2) is 25.8 Å². The Bertz CT molecular complexity index is 1410. The summed E-state index contributed by atoms with van der Waals surface area (Å²) in [6, 6.07) is 23.0. The van der Waals surface area contributed by atoms with E-state index in [0.29, 0.717) is 36.0 Å². The number of rotatable bonds is 9. The van der Waals surface area contributed by atoms with Crippen LogP contribution in [0.3, 0.4) is 0 Å². The molecule has 8 heteroatoms. The summed E-state index contributed by atoms with van der Waals surface area (Å²) < 4.78 is 19.0. The highest BCUT2D eigenvalue weighted by Gasteiger charge is 2.14. The number of methoxy groups -OCH3 is 1. The van der Waals surface area contributed by atoms with Crippen molar-refractivity contribution in [3.8, 4) is 17.2 Å². The van der Waals surface area contributed by atoms with Gasteiger partial charge in [0, 0.05) is 14.5 Å². The third-order valence-corrected chi connectivity index (χ3v) is 6.57. The number of nitrogens with one attached hydrogen (secondary N) is 1. The lowest BCUT2D eigenvalue weighted by Gasteiger charge is -2.14. The lowest BCUT2D eigenvalue weighted by atomic mass is 10.1. The third kappa shape index (κ3) is 6.25. The molecule has 6 nitrogen and oxygen atoms in total. The minimum Gasteiger partial charge on any atom is -0.496 e. The van der Waals surface area contributed by atoms with Crippen LogP contribution < -0.4 is 19.6 Å². The van der Waals surface area contributed by atoms with E-state index in [4.69, 9.17) is 14.2 Å². The molecule has 0 radical (unpaired) electrons. The largest absolute Gasteiger partial charge is 0.496 e. The summed E-state index contributed by atoms with van der Waals surface area (Å²) in [5, 5.41) is 6.09. The molecule has 0 unspecified atom stereocenters. The van der Waals surface area contributed by atoms with Crippen LogP contribution in [-0.2, 0) is 6.61 Å². The Labute approximate surface area is 226 Å². The summed E-state index contributed by atoms with van der Waals surface area (Å²) in [5.74, 6) is 1.30. The Morgan fingerprint density at radius 2 is 1.61 bits per heavy atom. The van der Waals surface area contributed by atoms with Gasteiger partial charge in [-0.25, -0.2) is 5.43 Å². The lowest BCUT2D eigenvalue weighted by molar-refractivity contribution is 0.0952. The van der Waals surface area contributed by atoms with Crippen LogP contribution in [0.1, 0.15) is 28.4 Å². The molecule has 0 spiro atoms. The van der Waals surface area contributed by atoms with Crippen molar-refractivity contribution < 1.29 is 19.0 Å². The van der Waals surface area contributed by atoms with Gasteiger partial charge in [0.15, 0.2) is 11.5 Å². The summed E-state index contributed by atoms with van der Waals surface area (Å²) in [5.41, 5.74) is 4.75. The van der Waals surface area contributed by atoms with Crippen LogP contribution in [0.5, 0.6) is 17.2 Å². The molecule has 36 heavy (non-hydrogen) atoms. The van der Waals surface area contributed by atoms with Gasteiger partial charge in [-0.05, 0) is 75.6 Å². The second-order valence-electron chi connectivity index (χ2n) is 7.77. The average Bonchev–Trinajstić information content (AvgIpc) is 2.89. The number of halogens is 2. The van der Waals surface area contributed by atoms with Crippen molar-refractivity contribution in [2.24, 2.45) is 5.10 Å². The van der Waals surface area contributed by atoms with Crippen molar-refractivity contribution in [1.29, 1.82) is 0 Å². The van der Waals surface area contributed by atoms with Gasteiger partial charge in [-0.15, -0.1) is 0 Å². The zero-order valence-electron chi connectivity index (χ0n) is 19.8. The predicted octanol–water partition coefficient (Wildman–Crippen LogP) is 7.12. The van der Waals surface area contributed by atoms with Crippen LogP contribution in [0.25, 0.3) is 10.8 Å². The molecule has 4 rings (SSSR count). The van der Waals surface area contributed by atoms with Crippen molar-refractivity contribution in [2.75, 3.05) is 13.7 Å². The number of benzene rings is 4. The number of hydrogen-bond acceptors (Lipinski definition) is 5. The molecule has 0 fully saturated rings. The summed E-state index contributed by atoms with van der Waals surface area (Å²) in [7, 11) is 1.54. The molecule has 4 aromatic carbocycles. The number of amides is 1. The van der Waals surface area contributed by atoms with E-state index < -0.39 is 0 Å². The van der Waals surface area contributed by atoms with Crippen molar-refractivity contribution in [3.63, 3.8) is 0 Å². The number of ether oxygens (including phenoxy) is 3. The molecular formula is C28H24Br2N2O4. The second-order valence-corrected chi connectivity index (χ2v) is 9.54. The molecule has 0 aliphatic carbocycles. The molecule has 4 aromatic rings. The molecule has 0 aromatic heterocycles. The first-order chi connectivity index (χ1) is 17.5. The molecule has 0 atom stereocenters. The van der Waals surface area contributed by atoms with Crippen molar-refractivity contribution in [2.45, 2.75) is 13.5 Å². The van der Waals surface area contributed by atoms with E-state index in [0.717, 1.165) is 30.8 Å². The van der Waals surface area contributed by atoms with E-state index in [-0.39, 0.29) is 5.91 Å². The fourth-order valence-electron chi connectivity index (χ4n) is 3.56. The fraction of sp³-hybridized carbons (Fsp3) is 0.143. The Morgan fingerprint density at radius 1 is 0.917 bits per heavy atom. The van der Waals surface area contributed by atoms with Crippen LogP contribution in [0.4, 0.5) is 0 Å². The average molecular weight is 612 g/mol. The molecule has 0 bridgehead atoms. The number of hydrazone groups is 1. The number of nitrogens with zero attached hydrogens (tertiary/aromatic N) is 1. The summed E-state index contributed by atoms with van der Waals surface area (Å²) >= 11 is 7.00. The van der Waals surface area contributed by atoms with Gasteiger partial charge in [0.25, 0.3) is 5.91 Å². The first kappa shape index (κ1) is 25.7. The monoisotopic (exact) mass is 610 g/mol. The SMILES string of the molecule is CCOc1cc(/C=N\NC(=O)c2cc3ccccc3cc2OC)c(Br)cc1OCc1ccc(Br)cc1. The lowest BCUT2D eigenvalue weighted by Crippen LogP contribution is -2.18. The van der Waals surface area contributed by atoms with Gasteiger partial charge in [-0.3, -0.25) is 4.79 Å². The molecule has 0 saturated heterocycles. The van der Waals surface area contributed by atoms with E-state index in [1.807, 2.05) is 73.7 Å². The highest BCUT2D eigenvalue weighted by molar-refractivity contribution is 9.10. The normalized spacial score (nSPS) is 11.0. The topological polar surface area (TPSA) is 69.2 Å². The molecular weight excluding hydrogens is 588 g/mol. The number of carbonyl (C=O) groups excluding carboxylic acids is 1. The predicted molar refractivity (Wildman–Crippen MR) is 149 cm³/mol. The van der Waals surface area contributed by atoms with Crippen LogP contribution in [0.15, 0.2) is 86.8 Å². The van der Waals surface area contributed by atoms with Crippen LogP contribution >= 0.6 is 31.9 Å². The standard InChI is InChI=1S/C28H24Br2N2O4/c1-3-35-26-14-21(24(30)15-27(26)36-17-18-8-10-22(29)11-9-18)16-31-32-28(33)23-12-19-6-4-5-7-20(19)13-25(23)34-2/h4-16H,3,17H2,1-2H3,(H,32,33)/b31-16-. The van der Waals surface area contributed by atoms with Gasteiger partial charge in [0.05, 0.1) is 25.5 Å². The molecule has 1 N–H and O–H groups in total. The number of fused-ring (bicyclic) bond motifs is 1. The smallest absolute Gasteiger partial charge is 0.275 e. The summed E-state index contributed by atoms with van der Waals surface area (Å²) in [6.07, 6.45) is 1.55. The maximum atomic E-state index is 12.8. The Balaban J connectivity index is 1.50. The van der Waals surface area contributed by atoms with Crippen molar-refractivity contribution in [3.05, 3.63) is 98.4 Å².